The second-order valence-electron chi connectivity index (χ2n) is 8.58. The highest BCUT2D eigenvalue weighted by Gasteiger charge is 2.18. The van der Waals surface area contributed by atoms with Crippen LogP contribution in [0.5, 0.6) is 0 Å². The van der Waals surface area contributed by atoms with Gasteiger partial charge >= 0.3 is 5.69 Å². The van der Waals surface area contributed by atoms with Crippen LogP contribution in [0.2, 0.25) is 0 Å². The van der Waals surface area contributed by atoms with E-state index in [0.29, 0.717) is 36.2 Å². The van der Waals surface area contributed by atoms with Gasteiger partial charge in [0.15, 0.2) is 0 Å². The third-order valence-corrected chi connectivity index (χ3v) is 5.42. The van der Waals surface area contributed by atoms with Crippen LogP contribution < -0.4 is 5.32 Å². The number of Topliss-reactive ketones (excluding diaryl/α,β-unsaturated/α-hetero) is 2. The fraction of sp³-hybridized carbons (Fsp3) is 0.360. The Morgan fingerprint density at radius 1 is 0.944 bits per heavy atom. The zero-order valence-electron chi connectivity index (χ0n) is 20.0. The number of ketones is 2. The Hall–Kier alpha value is -4.02. The summed E-state index contributed by atoms with van der Waals surface area (Å²) in [5.74, 6) is -0.842. The molecular weight excluding hydrogens is 476 g/mol. The number of rotatable bonds is 9. The number of carbonyl (C=O) groups is 2. The molecule has 1 aliphatic rings. The highest BCUT2D eigenvalue weighted by molar-refractivity contribution is 5.79. The molecule has 2 aromatic rings. The molecule has 11 heteroatoms. The van der Waals surface area contributed by atoms with Crippen LogP contribution in [0, 0.1) is 32.0 Å². The number of nitro groups is 2. The van der Waals surface area contributed by atoms with Gasteiger partial charge < -0.3 is 5.32 Å². The average molecular weight is 504 g/mol. The summed E-state index contributed by atoms with van der Waals surface area (Å²) in [6.07, 6.45) is 3.68. The molecule has 0 heterocycles. The molecular formula is C25H27F2N3O6. The highest BCUT2D eigenvalue weighted by Crippen LogP contribution is 2.29. The van der Waals surface area contributed by atoms with Gasteiger partial charge in [0.25, 0.3) is 5.69 Å². The first kappa shape index (κ1) is 28.2. The van der Waals surface area contributed by atoms with Gasteiger partial charge in [-0.25, -0.2) is 4.39 Å². The quantitative estimate of drug-likeness (QED) is 0.345. The number of hydrogen-bond donors (Lipinski definition) is 1. The topological polar surface area (TPSA) is 132 Å². The third kappa shape index (κ3) is 8.97. The molecule has 1 N–H and O–H groups in total. The standard InChI is InChI=1S/C16H19FN2O3.C9H8FNO3/c1-11(20)8-13-4-7-15(16(9-13)19(21)22)18-10-12-2-5-14(17)6-3-12;1-6(12)4-7-2-3-8(10)9(5-7)11(13)14/h4-5,7,9,12,18H,2-3,6,8,10H2,1H3;2-3,5H,4H2,1H3. The third-order valence-electron chi connectivity index (χ3n) is 5.42. The first-order chi connectivity index (χ1) is 17.0. The molecule has 0 aliphatic heterocycles. The van der Waals surface area contributed by atoms with Crippen molar-refractivity contribution in [3.8, 4) is 0 Å². The lowest BCUT2D eigenvalue weighted by molar-refractivity contribution is -0.387. The molecule has 36 heavy (non-hydrogen) atoms. The van der Waals surface area contributed by atoms with Gasteiger partial charge in [-0.05, 0) is 62.3 Å². The van der Waals surface area contributed by atoms with Gasteiger partial charge in [-0.15, -0.1) is 0 Å². The van der Waals surface area contributed by atoms with Crippen molar-refractivity contribution >= 4 is 28.6 Å². The SMILES string of the molecule is CC(=O)Cc1ccc(F)c([N+](=O)[O-])c1.CC(=O)Cc1ccc(NCC2CC=C(F)CC2)c([N+](=O)[O-])c1. The van der Waals surface area contributed by atoms with Crippen LogP contribution in [0.4, 0.5) is 25.8 Å². The smallest absolute Gasteiger partial charge is 0.305 e. The normalized spacial score (nSPS) is 14.7. The van der Waals surface area contributed by atoms with E-state index < -0.39 is 21.4 Å². The lowest BCUT2D eigenvalue weighted by Crippen LogP contribution is -2.16. The largest absolute Gasteiger partial charge is 0.379 e. The predicted molar refractivity (Wildman–Crippen MR) is 130 cm³/mol. The van der Waals surface area contributed by atoms with Crippen molar-refractivity contribution in [3.63, 3.8) is 0 Å². The zero-order chi connectivity index (χ0) is 26.8. The Morgan fingerprint density at radius 2 is 1.50 bits per heavy atom. The van der Waals surface area contributed by atoms with E-state index in [1.165, 1.54) is 26.0 Å². The summed E-state index contributed by atoms with van der Waals surface area (Å²) in [5.41, 5.74) is 0.894. The van der Waals surface area contributed by atoms with Crippen molar-refractivity contribution in [2.75, 3.05) is 11.9 Å². The number of carbonyl (C=O) groups excluding carboxylic acids is 2. The van der Waals surface area contributed by atoms with Crippen LogP contribution in [0.15, 0.2) is 48.3 Å². The fourth-order valence-corrected chi connectivity index (χ4v) is 3.67. The maximum atomic E-state index is 13.0. The molecule has 0 spiro atoms. The van der Waals surface area contributed by atoms with Gasteiger partial charge in [-0.3, -0.25) is 29.8 Å². The maximum Gasteiger partial charge on any atom is 0.305 e. The Balaban J connectivity index is 0.000000281. The second-order valence-corrected chi connectivity index (χ2v) is 8.58. The number of benzene rings is 2. The lowest BCUT2D eigenvalue weighted by atomic mass is 9.93. The van der Waals surface area contributed by atoms with Gasteiger partial charge in [-0.2, -0.15) is 4.39 Å². The van der Waals surface area contributed by atoms with Crippen LogP contribution in [0.25, 0.3) is 0 Å². The van der Waals surface area contributed by atoms with Crippen molar-refractivity contribution < 1.29 is 28.2 Å². The van der Waals surface area contributed by atoms with Crippen LogP contribution >= 0.6 is 0 Å². The molecule has 1 unspecified atom stereocenters. The molecule has 0 fully saturated rings. The van der Waals surface area contributed by atoms with Crippen molar-refractivity contribution in [2.45, 2.75) is 46.0 Å². The van der Waals surface area contributed by atoms with E-state index in [1.807, 2.05) is 0 Å². The first-order valence-electron chi connectivity index (χ1n) is 11.2. The number of anilines is 1. The summed E-state index contributed by atoms with van der Waals surface area (Å²) in [5, 5.41) is 24.6. The van der Waals surface area contributed by atoms with Crippen LogP contribution in [0.3, 0.4) is 0 Å². The second kappa shape index (κ2) is 13.2. The average Bonchev–Trinajstić information content (AvgIpc) is 2.80. The lowest BCUT2D eigenvalue weighted by Gasteiger charge is -2.19. The summed E-state index contributed by atoms with van der Waals surface area (Å²) in [6, 6.07) is 8.23. The molecule has 3 rings (SSSR count). The number of nitro benzene ring substituents is 2. The molecule has 1 aliphatic carbocycles. The molecule has 0 radical (unpaired) electrons. The molecule has 9 nitrogen and oxygen atoms in total. The van der Waals surface area contributed by atoms with Crippen molar-refractivity contribution in [1.29, 1.82) is 0 Å². The fourth-order valence-electron chi connectivity index (χ4n) is 3.67. The zero-order valence-corrected chi connectivity index (χ0v) is 20.0. The molecule has 0 amide bonds. The van der Waals surface area contributed by atoms with E-state index in [0.717, 1.165) is 18.6 Å². The van der Waals surface area contributed by atoms with E-state index in [2.05, 4.69) is 5.32 Å². The van der Waals surface area contributed by atoms with E-state index in [9.17, 15) is 38.6 Å². The summed E-state index contributed by atoms with van der Waals surface area (Å²) < 4.78 is 25.8. The minimum absolute atomic E-state index is 0.0312. The number of allylic oxidation sites excluding steroid dienone is 2. The molecule has 0 saturated carbocycles. The predicted octanol–water partition coefficient (Wildman–Crippen LogP) is 5.66. The van der Waals surface area contributed by atoms with E-state index in [1.54, 1.807) is 18.2 Å². The monoisotopic (exact) mass is 503 g/mol. The Bertz CT molecular complexity index is 1180. The number of nitrogens with zero attached hydrogens (tertiary/aromatic N) is 2. The molecule has 0 saturated heterocycles. The van der Waals surface area contributed by atoms with E-state index in [4.69, 9.17) is 0 Å². The molecule has 192 valence electrons. The molecule has 1 atom stereocenters. The van der Waals surface area contributed by atoms with Gasteiger partial charge in [0.2, 0.25) is 5.82 Å². The van der Waals surface area contributed by atoms with Gasteiger partial charge in [0, 0.05) is 31.5 Å². The summed E-state index contributed by atoms with van der Waals surface area (Å²) >= 11 is 0. The molecule has 0 bridgehead atoms. The highest BCUT2D eigenvalue weighted by atomic mass is 19.1. The van der Waals surface area contributed by atoms with Crippen LogP contribution in [0.1, 0.15) is 44.2 Å². The number of hydrogen-bond acceptors (Lipinski definition) is 7. The van der Waals surface area contributed by atoms with Crippen molar-refractivity contribution in [2.24, 2.45) is 5.92 Å². The Morgan fingerprint density at radius 3 is 2.00 bits per heavy atom. The summed E-state index contributed by atoms with van der Waals surface area (Å²) in [7, 11) is 0. The van der Waals surface area contributed by atoms with Crippen LogP contribution in [-0.2, 0) is 22.4 Å². The summed E-state index contributed by atoms with van der Waals surface area (Å²) in [6.45, 7) is 3.39. The maximum absolute atomic E-state index is 13.0. The number of nitrogens with one attached hydrogen (secondary N) is 1. The van der Waals surface area contributed by atoms with E-state index in [-0.39, 0.29) is 41.8 Å². The Kier molecular flexibility index (Phi) is 10.3. The van der Waals surface area contributed by atoms with E-state index >= 15 is 0 Å². The van der Waals surface area contributed by atoms with Crippen molar-refractivity contribution in [3.05, 3.63) is 85.5 Å². The van der Waals surface area contributed by atoms with Crippen LogP contribution in [-0.4, -0.2) is 28.0 Å². The van der Waals surface area contributed by atoms with Crippen molar-refractivity contribution in [1.82, 2.24) is 0 Å². The van der Waals surface area contributed by atoms with Gasteiger partial charge in [0.1, 0.15) is 17.3 Å². The first-order valence-corrected chi connectivity index (χ1v) is 11.2. The minimum atomic E-state index is -0.887. The van der Waals surface area contributed by atoms with Gasteiger partial charge in [-0.1, -0.05) is 18.2 Å². The Labute approximate surface area is 206 Å². The minimum Gasteiger partial charge on any atom is -0.379 e. The molecule has 2 aromatic carbocycles. The summed E-state index contributed by atoms with van der Waals surface area (Å²) in [4.78, 5) is 42.1. The number of halogens is 2. The van der Waals surface area contributed by atoms with Gasteiger partial charge in [0.05, 0.1) is 15.7 Å². The molecule has 0 aromatic heterocycles.